The van der Waals surface area contributed by atoms with Crippen LogP contribution >= 0.6 is 11.3 Å². The van der Waals surface area contributed by atoms with Crippen LogP contribution in [0.2, 0.25) is 0 Å². The Labute approximate surface area is 139 Å². The Morgan fingerprint density at radius 1 is 1.33 bits per heavy atom. The van der Waals surface area contributed by atoms with Crippen LogP contribution in [0.25, 0.3) is 0 Å². The van der Waals surface area contributed by atoms with Gasteiger partial charge in [-0.05, 0) is 19.1 Å². The Morgan fingerprint density at radius 2 is 2.17 bits per heavy atom. The van der Waals surface area contributed by atoms with E-state index in [1.165, 1.54) is 11.3 Å². The fourth-order valence-corrected chi connectivity index (χ4v) is 2.71. The van der Waals surface area contributed by atoms with Crippen molar-refractivity contribution in [3.8, 4) is 0 Å². The first kappa shape index (κ1) is 15.8. The average Bonchev–Trinajstić information content (AvgIpc) is 2.97. The van der Waals surface area contributed by atoms with Crippen molar-refractivity contribution in [1.29, 1.82) is 0 Å². The van der Waals surface area contributed by atoms with Gasteiger partial charge in [0.25, 0.3) is 11.5 Å². The standard InChI is InChI=1S/C15H13N5O3S/c1-9-6-17-14(24-9)19-12(21)11-7-18-15(23)20(13(11)22)8-10-4-2-3-5-16-10/h2-7H,8H2,1H3,(H,18,23)(H,17,19,21). The molecule has 122 valence electrons. The fraction of sp³-hybridized carbons (Fsp3) is 0.133. The predicted octanol–water partition coefficient (Wildman–Crippen LogP) is 0.997. The Balaban J connectivity index is 1.92. The first-order valence-corrected chi connectivity index (χ1v) is 7.82. The van der Waals surface area contributed by atoms with Gasteiger partial charge in [0.1, 0.15) is 5.56 Å². The van der Waals surface area contributed by atoms with Crippen molar-refractivity contribution >= 4 is 22.4 Å². The molecule has 24 heavy (non-hydrogen) atoms. The molecule has 3 aromatic heterocycles. The van der Waals surface area contributed by atoms with E-state index in [4.69, 9.17) is 0 Å². The number of pyridine rings is 1. The lowest BCUT2D eigenvalue weighted by Gasteiger charge is -2.06. The fourth-order valence-electron chi connectivity index (χ4n) is 2.05. The molecule has 0 aliphatic heterocycles. The van der Waals surface area contributed by atoms with Gasteiger partial charge in [0.05, 0.1) is 12.2 Å². The summed E-state index contributed by atoms with van der Waals surface area (Å²) < 4.78 is 0.935. The lowest BCUT2D eigenvalue weighted by Crippen LogP contribution is -2.39. The van der Waals surface area contributed by atoms with Crippen molar-refractivity contribution < 1.29 is 4.79 Å². The Bertz CT molecular complexity index is 990. The molecule has 0 aliphatic rings. The zero-order valence-electron chi connectivity index (χ0n) is 12.6. The van der Waals surface area contributed by atoms with E-state index in [1.807, 2.05) is 6.92 Å². The van der Waals surface area contributed by atoms with E-state index in [2.05, 4.69) is 20.3 Å². The molecule has 0 radical (unpaired) electrons. The highest BCUT2D eigenvalue weighted by Crippen LogP contribution is 2.16. The van der Waals surface area contributed by atoms with Crippen molar-refractivity contribution in [2.24, 2.45) is 0 Å². The van der Waals surface area contributed by atoms with E-state index in [9.17, 15) is 14.4 Å². The molecule has 0 unspecified atom stereocenters. The van der Waals surface area contributed by atoms with Crippen LogP contribution in [0.15, 0.2) is 46.4 Å². The number of nitrogens with one attached hydrogen (secondary N) is 2. The number of carbonyl (C=O) groups excluding carboxylic acids is 1. The molecule has 3 aromatic rings. The van der Waals surface area contributed by atoms with Crippen LogP contribution in [0.3, 0.4) is 0 Å². The molecule has 8 nitrogen and oxygen atoms in total. The highest BCUT2D eigenvalue weighted by Gasteiger charge is 2.16. The molecule has 1 amide bonds. The largest absolute Gasteiger partial charge is 0.328 e. The van der Waals surface area contributed by atoms with Crippen LogP contribution in [0, 0.1) is 6.92 Å². The maximum Gasteiger partial charge on any atom is 0.328 e. The summed E-state index contributed by atoms with van der Waals surface area (Å²) in [6.45, 7) is 1.83. The SMILES string of the molecule is Cc1cnc(NC(=O)c2c[nH]c(=O)n(Cc3ccccn3)c2=O)s1. The van der Waals surface area contributed by atoms with Crippen molar-refractivity contribution in [2.45, 2.75) is 13.5 Å². The molecular formula is C15H13N5O3S. The van der Waals surface area contributed by atoms with Gasteiger partial charge < -0.3 is 4.98 Å². The number of rotatable bonds is 4. The van der Waals surface area contributed by atoms with Crippen LogP contribution < -0.4 is 16.6 Å². The summed E-state index contributed by atoms with van der Waals surface area (Å²) in [5.41, 5.74) is -0.918. The van der Waals surface area contributed by atoms with Gasteiger partial charge in [-0.1, -0.05) is 6.07 Å². The normalized spacial score (nSPS) is 10.5. The van der Waals surface area contributed by atoms with E-state index in [0.717, 1.165) is 15.6 Å². The summed E-state index contributed by atoms with van der Waals surface area (Å²) in [6, 6.07) is 5.18. The van der Waals surface area contributed by atoms with Gasteiger partial charge in [0.2, 0.25) is 0 Å². The minimum atomic E-state index is -0.685. The third-order valence-corrected chi connectivity index (χ3v) is 4.02. The Morgan fingerprint density at radius 3 is 2.83 bits per heavy atom. The van der Waals surface area contributed by atoms with Crippen LogP contribution in [-0.4, -0.2) is 25.4 Å². The lowest BCUT2D eigenvalue weighted by molar-refractivity contribution is 0.102. The van der Waals surface area contributed by atoms with Gasteiger partial charge in [-0.2, -0.15) is 0 Å². The van der Waals surface area contributed by atoms with E-state index >= 15 is 0 Å². The quantitative estimate of drug-likeness (QED) is 0.734. The van der Waals surface area contributed by atoms with Crippen molar-refractivity contribution in [3.05, 3.63) is 73.8 Å². The van der Waals surface area contributed by atoms with E-state index in [1.54, 1.807) is 30.6 Å². The van der Waals surface area contributed by atoms with Gasteiger partial charge in [-0.3, -0.25) is 24.5 Å². The zero-order valence-corrected chi connectivity index (χ0v) is 13.5. The van der Waals surface area contributed by atoms with Gasteiger partial charge in [-0.15, -0.1) is 11.3 Å². The maximum atomic E-state index is 12.5. The van der Waals surface area contributed by atoms with E-state index < -0.39 is 17.2 Å². The van der Waals surface area contributed by atoms with Crippen LogP contribution in [0.5, 0.6) is 0 Å². The minimum Gasteiger partial charge on any atom is -0.313 e. The number of aromatic amines is 1. The molecule has 0 aromatic carbocycles. The molecule has 2 N–H and O–H groups in total. The summed E-state index contributed by atoms with van der Waals surface area (Å²) in [7, 11) is 0. The number of nitrogens with zero attached hydrogens (tertiary/aromatic N) is 3. The number of amides is 1. The Hall–Kier alpha value is -3.07. The van der Waals surface area contributed by atoms with Crippen molar-refractivity contribution in [2.75, 3.05) is 5.32 Å². The predicted molar refractivity (Wildman–Crippen MR) is 89.5 cm³/mol. The number of hydrogen-bond donors (Lipinski definition) is 2. The molecule has 9 heteroatoms. The number of thiazole rings is 1. The summed E-state index contributed by atoms with van der Waals surface area (Å²) in [6.07, 6.45) is 4.29. The van der Waals surface area contributed by atoms with Gasteiger partial charge in [-0.25, -0.2) is 9.78 Å². The number of aryl methyl sites for hydroxylation is 1. The molecule has 0 spiro atoms. The summed E-state index contributed by atoms with van der Waals surface area (Å²) in [4.78, 5) is 48.1. The first-order chi connectivity index (χ1) is 11.5. The molecular weight excluding hydrogens is 330 g/mol. The summed E-state index contributed by atoms with van der Waals surface area (Å²) >= 11 is 1.29. The Kier molecular flexibility index (Phi) is 4.34. The second kappa shape index (κ2) is 6.59. The smallest absolute Gasteiger partial charge is 0.313 e. The number of carbonyl (C=O) groups is 1. The van der Waals surface area contributed by atoms with E-state index in [-0.39, 0.29) is 12.1 Å². The van der Waals surface area contributed by atoms with Crippen LogP contribution in [0.4, 0.5) is 5.13 Å². The number of anilines is 1. The topological polar surface area (TPSA) is 110 Å². The molecule has 0 aliphatic carbocycles. The first-order valence-electron chi connectivity index (χ1n) is 7.01. The molecule has 0 saturated heterocycles. The van der Waals surface area contributed by atoms with Gasteiger partial charge in [0.15, 0.2) is 5.13 Å². The highest BCUT2D eigenvalue weighted by molar-refractivity contribution is 7.15. The molecule has 0 fully saturated rings. The molecule has 3 rings (SSSR count). The number of aromatic nitrogens is 4. The second-order valence-electron chi connectivity index (χ2n) is 4.95. The zero-order chi connectivity index (χ0) is 17.1. The average molecular weight is 343 g/mol. The van der Waals surface area contributed by atoms with Crippen LogP contribution in [-0.2, 0) is 6.54 Å². The third-order valence-electron chi connectivity index (χ3n) is 3.19. The molecule has 0 saturated carbocycles. The molecule has 3 heterocycles. The minimum absolute atomic E-state index is 0.0213. The molecule has 0 atom stereocenters. The maximum absolute atomic E-state index is 12.5. The molecule has 0 bridgehead atoms. The highest BCUT2D eigenvalue weighted by atomic mass is 32.1. The van der Waals surface area contributed by atoms with Crippen molar-refractivity contribution in [3.63, 3.8) is 0 Å². The second-order valence-corrected chi connectivity index (χ2v) is 6.18. The monoisotopic (exact) mass is 343 g/mol. The van der Waals surface area contributed by atoms with Gasteiger partial charge >= 0.3 is 5.69 Å². The van der Waals surface area contributed by atoms with Gasteiger partial charge in [0, 0.05) is 23.5 Å². The summed E-state index contributed by atoms with van der Waals surface area (Å²) in [5, 5.41) is 2.94. The third kappa shape index (κ3) is 3.30. The van der Waals surface area contributed by atoms with Crippen molar-refractivity contribution in [1.82, 2.24) is 19.5 Å². The number of H-pyrrole nitrogens is 1. The number of hydrogen-bond acceptors (Lipinski definition) is 6. The summed E-state index contributed by atoms with van der Waals surface area (Å²) in [5.74, 6) is -0.625. The van der Waals surface area contributed by atoms with Crippen LogP contribution in [0.1, 0.15) is 20.9 Å². The lowest BCUT2D eigenvalue weighted by atomic mass is 10.3. The van der Waals surface area contributed by atoms with E-state index in [0.29, 0.717) is 10.8 Å².